The lowest BCUT2D eigenvalue weighted by Gasteiger charge is -2.23. The molecule has 34 heavy (non-hydrogen) atoms. The SMILES string of the molecule is Nc1cccc(C(c2ccccc2)c2cccc(C(c3ccccc3)c3cccc(N)c3)c2)c1. The zero-order chi connectivity index (χ0) is 23.3. The Labute approximate surface area is 201 Å². The summed E-state index contributed by atoms with van der Waals surface area (Å²) in [6.07, 6.45) is 0. The van der Waals surface area contributed by atoms with Crippen LogP contribution in [0.15, 0.2) is 133 Å². The number of anilines is 2. The summed E-state index contributed by atoms with van der Waals surface area (Å²) >= 11 is 0. The second kappa shape index (κ2) is 9.68. The Kier molecular flexibility index (Phi) is 6.13. The molecule has 0 aliphatic heterocycles. The molecule has 5 aromatic rings. The molecule has 2 nitrogen and oxygen atoms in total. The summed E-state index contributed by atoms with van der Waals surface area (Å²) in [5.41, 5.74) is 21.2. The Morgan fingerprint density at radius 3 is 1.03 bits per heavy atom. The van der Waals surface area contributed by atoms with Crippen molar-refractivity contribution in [3.8, 4) is 0 Å². The van der Waals surface area contributed by atoms with E-state index in [-0.39, 0.29) is 11.8 Å². The van der Waals surface area contributed by atoms with E-state index >= 15 is 0 Å². The van der Waals surface area contributed by atoms with Crippen LogP contribution in [0.4, 0.5) is 11.4 Å². The van der Waals surface area contributed by atoms with Crippen molar-refractivity contribution in [3.05, 3.63) is 167 Å². The van der Waals surface area contributed by atoms with Crippen LogP contribution in [-0.4, -0.2) is 0 Å². The maximum atomic E-state index is 6.19. The van der Waals surface area contributed by atoms with Crippen molar-refractivity contribution in [2.45, 2.75) is 11.8 Å². The molecule has 0 bridgehead atoms. The minimum Gasteiger partial charge on any atom is -0.399 e. The number of nitrogen functional groups attached to an aromatic ring is 2. The third kappa shape index (κ3) is 4.57. The molecule has 0 spiro atoms. The normalized spacial score (nSPS) is 12.7. The molecule has 0 fully saturated rings. The minimum atomic E-state index is 0.0851. The van der Waals surface area contributed by atoms with E-state index in [9.17, 15) is 0 Å². The van der Waals surface area contributed by atoms with Gasteiger partial charge in [-0.3, -0.25) is 0 Å². The summed E-state index contributed by atoms with van der Waals surface area (Å²) in [5.74, 6) is 0.170. The first-order chi connectivity index (χ1) is 16.7. The van der Waals surface area contributed by atoms with Crippen LogP contribution < -0.4 is 11.5 Å². The molecule has 0 amide bonds. The Bertz CT molecular complexity index is 1270. The van der Waals surface area contributed by atoms with Crippen molar-refractivity contribution < 1.29 is 0 Å². The van der Waals surface area contributed by atoms with E-state index in [0.717, 1.165) is 11.4 Å². The lowest BCUT2D eigenvalue weighted by Crippen LogP contribution is -2.08. The molecule has 2 unspecified atom stereocenters. The molecule has 5 rings (SSSR count). The lowest BCUT2D eigenvalue weighted by molar-refractivity contribution is 0.940. The van der Waals surface area contributed by atoms with Gasteiger partial charge < -0.3 is 11.5 Å². The first-order valence-electron chi connectivity index (χ1n) is 11.6. The van der Waals surface area contributed by atoms with E-state index in [2.05, 4.69) is 109 Å². The van der Waals surface area contributed by atoms with E-state index in [1.807, 2.05) is 24.3 Å². The minimum absolute atomic E-state index is 0.0851. The van der Waals surface area contributed by atoms with Gasteiger partial charge in [-0.15, -0.1) is 0 Å². The van der Waals surface area contributed by atoms with Crippen molar-refractivity contribution in [1.29, 1.82) is 0 Å². The zero-order valence-electron chi connectivity index (χ0n) is 19.0. The highest BCUT2D eigenvalue weighted by atomic mass is 14.5. The van der Waals surface area contributed by atoms with Gasteiger partial charge in [0.25, 0.3) is 0 Å². The Morgan fingerprint density at radius 1 is 0.324 bits per heavy atom. The van der Waals surface area contributed by atoms with Gasteiger partial charge in [-0.25, -0.2) is 0 Å². The van der Waals surface area contributed by atoms with Crippen LogP contribution in [-0.2, 0) is 0 Å². The van der Waals surface area contributed by atoms with Crippen molar-refractivity contribution >= 4 is 11.4 Å². The van der Waals surface area contributed by atoms with Gasteiger partial charge in [0.05, 0.1) is 0 Å². The molecule has 0 saturated heterocycles. The van der Waals surface area contributed by atoms with Crippen LogP contribution in [0.1, 0.15) is 45.2 Å². The highest BCUT2D eigenvalue weighted by molar-refractivity contribution is 5.53. The molecule has 0 saturated carbocycles. The number of benzene rings is 5. The first kappa shape index (κ1) is 21.5. The second-order valence-corrected chi connectivity index (χ2v) is 8.70. The van der Waals surface area contributed by atoms with Crippen LogP contribution in [0.3, 0.4) is 0 Å². The maximum Gasteiger partial charge on any atom is 0.0340 e. The molecular formula is C32H28N2. The number of nitrogens with two attached hydrogens (primary N) is 2. The lowest BCUT2D eigenvalue weighted by atomic mass is 9.80. The van der Waals surface area contributed by atoms with Gasteiger partial charge >= 0.3 is 0 Å². The predicted molar refractivity (Wildman–Crippen MR) is 143 cm³/mol. The molecule has 0 aliphatic carbocycles. The van der Waals surface area contributed by atoms with Crippen molar-refractivity contribution in [3.63, 3.8) is 0 Å². The van der Waals surface area contributed by atoms with E-state index in [1.54, 1.807) is 0 Å². The molecular weight excluding hydrogens is 412 g/mol. The third-order valence-electron chi connectivity index (χ3n) is 6.33. The summed E-state index contributed by atoms with van der Waals surface area (Å²) in [6.45, 7) is 0. The summed E-state index contributed by atoms with van der Waals surface area (Å²) in [5, 5.41) is 0. The van der Waals surface area contributed by atoms with Gasteiger partial charge in [-0.2, -0.15) is 0 Å². The van der Waals surface area contributed by atoms with E-state index in [0.29, 0.717) is 0 Å². The van der Waals surface area contributed by atoms with Gasteiger partial charge in [0.1, 0.15) is 0 Å². The van der Waals surface area contributed by atoms with Gasteiger partial charge in [-0.05, 0) is 57.6 Å². The maximum absolute atomic E-state index is 6.19. The predicted octanol–water partition coefficient (Wildman–Crippen LogP) is 7.21. The van der Waals surface area contributed by atoms with E-state index in [1.165, 1.54) is 33.4 Å². The van der Waals surface area contributed by atoms with Crippen molar-refractivity contribution in [2.24, 2.45) is 0 Å². The van der Waals surface area contributed by atoms with Crippen LogP contribution in [0.2, 0.25) is 0 Å². The van der Waals surface area contributed by atoms with Crippen LogP contribution in [0, 0.1) is 0 Å². The van der Waals surface area contributed by atoms with Gasteiger partial charge in [0.2, 0.25) is 0 Å². The molecule has 0 aliphatic rings. The molecule has 0 radical (unpaired) electrons. The highest BCUT2D eigenvalue weighted by Gasteiger charge is 2.21. The van der Waals surface area contributed by atoms with Crippen LogP contribution in [0.25, 0.3) is 0 Å². The average molecular weight is 441 g/mol. The molecule has 0 heterocycles. The van der Waals surface area contributed by atoms with Gasteiger partial charge in [0.15, 0.2) is 0 Å². The number of rotatable bonds is 6. The molecule has 4 N–H and O–H groups in total. The fourth-order valence-electron chi connectivity index (χ4n) is 4.84. The summed E-state index contributed by atoms with van der Waals surface area (Å²) < 4.78 is 0. The zero-order valence-corrected chi connectivity index (χ0v) is 19.0. The van der Waals surface area contributed by atoms with Crippen molar-refractivity contribution in [1.82, 2.24) is 0 Å². The quantitative estimate of drug-likeness (QED) is 0.216. The van der Waals surface area contributed by atoms with E-state index < -0.39 is 0 Å². The Balaban J connectivity index is 1.67. The van der Waals surface area contributed by atoms with Crippen LogP contribution in [0.5, 0.6) is 0 Å². The Morgan fingerprint density at radius 2 is 0.647 bits per heavy atom. The first-order valence-corrected chi connectivity index (χ1v) is 11.6. The Hall–Kier alpha value is -4.30. The van der Waals surface area contributed by atoms with E-state index in [4.69, 9.17) is 11.5 Å². The molecule has 166 valence electrons. The third-order valence-corrected chi connectivity index (χ3v) is 6.33. The fraction of sp³-hybridized carbons (Fsp3) is 0.0625. The molecule has 2 heteroatoms. The molecule has 5 aromatic carbocycles. The van der Waals surface area contributed by atoms with Crippen molar-refractivity contribution in [2.75, 3.05) is 11.5 Å². The largest absolute Gasteiger partial charge is 0.399 e. The average Bonchev–Trinajstić information content (AvgIpc) is 2.86. The fourth-order valence-corrected chi connectivity index (χ4v) is 4.84. The number of hydrogen-bond acceptors (Lipinski definition) is 2. The highest BCUT2D eigenvalue weighted by Crippen LogP contribution is 2.37. The smallest absolute Gasteiger partial charge is 0.0340 e. The summed E-state index contributed by atoms with van der Waals surface area (Å²) in [7, 11) is 0. The second-order valence-electron chi connectivity index (χ2n) is 8.70. The van der Waals surface area contributed by atoms with Gasteiger partial charge in [0, 0.05) is 23.2 Å². The topological polar surface area (TPSA) is 52.0 Å². The summed E-state index contributed by atoms with van der Waals surface area (Å²) in [4.78, 5) is 0. The summed E-state index contributed by atoms with van der Waals surface area (Å²) in [6, 6.07) is 46.6. The standard InChI is InChI=1S/C32H28N2/c33-29-18-8-16-27(21-29)31(23-10-3-1-4-11-23)25-14-7-15-26(20-25)32(24-12-5-2-6-13-24)28-17-9-19-30(34)22-28/h1-22,31-32H,33-34H2. The van der Waals surface area contributed by atoms with Gasteiger partial charge in [-0.1, -0.05) is 109 Å². The van der Waals surface area contributed by atoms with Crippen LogP contribution >= 0.6 is 0 Å². The number of hydrogen-bond donors (Lipinski definition) is 2. The monoisotopic (exact) mass is 440 g/mol. The molecule has 0 aromatic heterocycles. The molecule has 2 atom stereocenters.